The molecule has 1 N–H and O–H groups in total. The van der Waals surface area contributed by atoms with Crippen LogP contribution in [0.2, 0.25) is 0 Å². The molecule has 0 aromatic rings. The van der Waals surface area contributed by atoms with Crippen molar-refractivity contribution in [1.29, 1.82) is 5.26 Å². The number of hydrogen-bond donors (Lipinski definition) is 1. The molecule has 0 heterocycles. The van der Waals surface area contributed by atoms with Gasteiger partial charge in [-0.15, -0.1) is 0 Å². The van der Waals surface area contributed by atoms with Crippen LogP contribution in [0.5, 0.6) is 0 Å². The van der Waals surface area contributed by atoms with E-state index in [0.29, 0.717) is 0 Å². The van der Waals surface area contributed by atoms with E-state index in [-0.39, 0.29) is 36.4 Å². The Bertz CT molecular complexity index is 502. The number of hydrogen-bond acceptors (Lipinski definition) is 6. The highest BCUT2D eigenvalue weighted by atomic mass is 16.5. The molecule has 0 saturated carbocycles. The van der Waals surface area contributed by atoms with Crippen LogP contribution in [-0.2, 0) is 19.1 Å². The van der Waals surface area contributed by atoms with Gasteiger partial charge < -0.3 is 14.6 Å². The minimum absolute atomic E-state index is 0.0114. The maximum absolute atomic E-state index is 12.0. The third kappa shape index (κ3) is 2.89. The predicted molar refractivity (Wildman–Crippen MR) is 69.2 cm³/mol. The van der Waals surface area contributed by atoms with Crippen molar-refractivity contribution in [2.24, 2.45) is 5.41 Å². The van der Waals surface area contributed by atoms with Crippen molar-refractivity contribution in [3.63, 3.8) is 0 Å². The number of carbonyl (C=O) groups is 2. The molecule has 0 fully saturated rings. The molecule has 0 aromatic heterocycles. The smallest absolute Gasteiger partial charge is 0.319 e. The number of ketones is 1. The van der Waals surface area contributed by atoms with Gasteiger partial charge in [0.1, 0.15) is 11.2 Å². The molecule has 6 nitrogen and oxygen atoms in total. The lowest BCUT2D eigenvalue weighted by molar-refractivity contribution is -0.154. The van der Waals surface area contributed by atoms with Crippen LogP contribution in [0.1, 0.15) is 19.3 Å². The molecule has 1 rings (SSSR count). The van der Waals surface area contributed by atoms with Crippen LogP contribution >= 0.6 is 0 Å². The molecule has 0 aliphatic heterocycles. The van der Waals surface area contributed by atoms with Crippen molar-refractivity contribution in [3.05, 3.63) is 24.0 Å². The Kier molecular flexibility index (Phi) is 5.06. The summed E-state index contributed by atoms with van der Waals surface area (Å²) in [7, 11) is 2.59. The van der Waals surface area contributed by atoms with E-state index in [9.17, 15) is 14.7 Å². The van der Waals surface area contributed by atoms with Crippen LogP contribution in [0.4, 0.5) is 0 Å². The fourth-order valence-corrected chi connectivity index (χ4v) is 2.29. The summed E-state index contributed by atoms with van der Waals surface area (Å²) in [6.45, 7) is 3.42. The molecule has 6 heteroatoms. The molecule has 0 aromatic carbocycles. The number of esters is 1. The van der Waals surface area contributed by atoms with Crippen LogP contribution in [0.15, 0.2) is 24.0 Å². The number of rotatable bonds is 6. The summed E-state index contributed by atoms with van der Waals surface area (Å²) in [5, 5.41) is 18.4. The number of methoxy groups -OCH3 is 2. The fraction of sp³-hybridized carbons (Fsp3) is 0.500. The molecule has 0 bridgehead atoms. The van der Waals surface area contributed by atoms with Crippen LogP contribution in [-0.4, -0.2) is 37.2 Å². The molecule has 108 valence electrons. The van der Waals surface area contributed by atoms with Gasteiger partial charge in [0.2, 0.25) is 0 Å². The minimum Gasteiger partial charge on any atom is -0.500 e. The monoisotopic (exact) mass is 279 g/mol. The molecule has 1 aliphatic carbocycles. The van der Waals surface area contributed by atoms with Crippen LogP contribution < -0.4 is 0 Å². The standard InChI is InChI=1S/C14H17NO5/c1-9(8-15)11(17)4-5-14(13(18)20-3)7-10(16)6-12(14)19-2/h6,11,17H,1,4-5,7H2,2-3H3/t11?,14-/m1/s1. The molecular formula is C14H17NO5. The summed E-state index contributed by atoms with van der Waals surface area (Å²) in [6.07, 6.45) is 0.384. The zero-order valence-corrected chi connectivity index (χ0v) is 11.5. The predicted octanol–water partition coefficient (Wildman–Crippen LogP) is 0.870. The van der Waals surface area contributed by atoms with Crippen molar-refractivity contribution < 1.29 is 24.2 Å². The second kappa shape index (κ2) is 6.35. The van der Waals surface area contributed by atoms with Crippen molar-refractivity contribution in [1.82, 2.24) is 0 Å². The largest absolute Gasteiger partial charge is 0.500 e. The van der Waals surface area contributed by atoms with Gasteiger partial charge in [-0.1, -0.05) is 6.58 Å². The SMILES string of the molecule is C=C(C#N)C(O)CC[C@@]1(C(=O)OC)CC(=O)C=C1OC. The Balaban J connectivity index is 2.96. The Morgan fingerprint density at radius 1 is 1.65 bits per heavy atom. The van der Waals surface area contributed by atoms with Gasteiger partial charge in [0.25, 0.3) is 0 Å². The summed E-state index contributed by atoms with van der Waals surface area (Å²) in [4.78, 5) is 23.6. The minimum atomic E-state index is -1.22. The van der Waals surface area contributed by atoms with Crippen molar-refractivity contribution in [2.45, 2.75) is 25.4 Å². The van der Waals surface area contributed by atoms with Gasteiger partial charge in [0.15, 0.2) is 5.78 Å². The van der Waals surface area contributed by atoms with E-state index in [2.05, 4.69) is 6.58 Å². The summed E-state index contributed by atoms with van der Waals surface area (Å²) < 4.78 is 9.87. The topological polar surface area (TPSA) is 96.6 Å². The van der Waals surface area contributed by atoms with E-state index in [4.69, 9.17) is 14.7 Å². The zero-order valence-electron chi connectivity index (χ0n) is 11.5. The third-order valence-corrected chi connectivity index (χ3v) is 3.43. The van der Waals surface area contributed by atoms with Gasteiger partial charge in [-0.3, -0.25) is 9.59 Å². The number of carbonyl (C=O) groups excluding carboxylic acids is 2. The van der Waals surface area contributed by atoms with Crippen molar-refractivity contribution in [2.75, 3.05) is 14.2 Å². The van der Waals surface area contributed by atoms with E-state index in [0.717, 1.165) is 0 Å². The Morgan fingerprint density at radius 3 is 2.80 bits per heavy atom. The summed E-state index contributed by atoms with van der Waals surface area (Å²) in [6, 6.07) is 1.76. The molecule has 0 radical (unpaired) electrons. The number of aliphatic hydroxyl groups excluding tert-OH is 1. The highest BCUT2D eigenvalue weighted by Gasteiger charge is 2.50. The van der Waals surface area contributed by atoms with Gasteiger partial charge in [0.05, 0.1) is 32.0 Å². The van der Waals surface area contributed by atoms with Gasteiger partial charge in [0, 0.05) is 12.5 Å². The second-order valence-electron chi connectivity index (χ2n) is 4.62. The first-order valence-corrected chi connectivity index (χ1v) is 6.05. The Labute approximate surface area is 117 Å². The quantitative estimate of drug-likeness (QED) is 0.572. The normalized spacial score (nSPS) is 22.7. The first-order chi connectivity index (χ1) is 9.41. The average molecular weight is 279 g/mol. The fourth-order valence-electron chi connectivity index (χ4n) is 2.29. The number of nitrogens with zero attached hydrogens (tertiary/aromatic N) is 1. The van der Waals surface area contributed by atoms with E-state index < -0.39 is 17.5 Å². The Hall–Kier alpha value is -2.13. The average Bonchev–Trinajstić information content (AvgIpc) is 2.79. The highest BCUT2D eigenvalue weighted by Crippen LogP contribution is 2.43. The molecule has 20 heavy (non-hydrogen) atoms. The number of nitriles is 1. The number of ether oxygens (including phenoxy) is 2. The van der Waals surface area contributed by atoms with Crippen LogP contribution in [0, 0.1) is 16.7 Å². The highest BCUT2D eigenvalue weighted by molar-refractivity contribution is 6.00. The summed E-state index contributed by atoms with van der Waals surface area (Å²) >= 11 is 0. The Morgan fingerprint density at radius 2 is 2.30 bits per heavy atom. The number of allylic oxidation sites excluding steroid dienone is 1. The zero-order chi connectivity index (χ0) is 15.3. The molecule has 2 atom stereocenters. The maximum atomic E-state index is 12.0. The second-order valence-corrected chi connectivity index (χ2v) is 4.62. The lowest BCUT2D eigenvalue weighted by Gasteiger charge is -2.28. The maximum Gasteiger partial charge on any atom is 0.319 e. The molecule has 0 amide bonds. The van der Waals surface area contributed by atoms with Gasteiger partial charge in [-0.05, 0) is 12.8 Å². The van der Waals surface area contributed by atoms with Gasteiger partial charge in [-0.2, -0.15) is 5.26 Å². The molecule has 0 saturated heterocycles. The van der Waals surface area contributed by atoms with E-state index in [1.165, 1.54) is 20.3 Å². The molecule has 1 aliphatic rings. The molecule has 0 spiro atoms. The first kappa shape index (κ1) is 15.9. The van der Waals surface area contributed by atoms with Gasteiger partial charge >= 0.3 is 5.97 Å². The summed E-state index contributed by atoms with van der Waals surface area (Å²) in [5.74, 6) is -0.601. The van der Waals surface area contributed by atoms with E-state index in [1.54, 1.807) is 6.07 Å². The lowest BCUT2D eigenvalue weighted by Crippen LogP contribution is -2.34. The lowest BCUT2D eigenvalue weighted by atomic mass is 9.79. The van der Waals surface area contributed by atoms with Crippen LogP contribution in [0.3, 0.4) is 0 Å². The third-order valence-electron chi connectivity index (χ3n) is 3.43. The van der Waals surface area contributed by atoms with Crippen LogP contribution in [0.25, 0.3) is 0 Å². The first-order valence-electron chi connectivity index (χ1n) is 6.05. The summed E-state index contributed by atoms with van der Waals surface area (Å²) in [5.41, 5.74) is -1.21. The molecule has 1 unspecified atom stereocenters. The molecular weight excluding hydrogens is 262 g/mol. The van der Waals surface area contributed by atoms with Gasteiger partial charge in [-0.25, -0.2) is 0 Å². The van der Waals surface area contributed by atoms with Crippen molar-refractivity contribution in [3.8, 4) is 6.07 Å². The van der Waals surface area contributed by atoms with Crippen molar-refractivity contribution >= 4 is 11.8 Å². The van der Waals surface area contributed by atoms with E-state index >= 15 is 0 Å². The number of aliphatic hydroxyl groups is 1. The van der Waals surface area contributed by atoms with E-state index in [1.807, 2.05) is 0 Å².